The fourth-order valence-electron chi connectivity index (χ4n) is 3.52. The Labute approximate surface area is 96.8 Å². The number of amides is 2. The molecule has 4 nitrogen and oxygen atoms in total. The van der Waals surface area contributed by atoms with Gasteiger partial charge in [-0.25, -0.2) is 4.79 Å². The average molecular weight is 223 g/mol. The Morgan fingerprint density at radius 1 is 1.06 bits per heavy atom. The van der Waals surface area contributed by atoms with E-state index in [9.17, 15) is 4.79 Å². The molecule has 90 valence electrons. The molecule has 2 N–H and O–H groups in total. The van der Waals surface area contributed by atoms with Crippen LogP contribution in [0.15, 0.2) is 0 Å². The number of fused-ring (bicyclic) bond motifs is 1. The first-order chi connectivity index (χ1) is 7.86. The van der Waals surface area contributed by atoms with E-state index in [-0.39, 0.29) is 6.03 Å². The third kappa shape index (κ3) is 1.69. The topological polar surface area (TPSA) is 44.4 Å². The lowest BCUT2D eigenvalue weighted by molar-refractivity contribution is 0.138. The molecular weight excluding hydrogens is 202 g/mol. The first kappa shape index (κ1) is 10.4. The third-order valence-electron chi connectivity index (χ3n) is 4.33. The fourth-order valence-corrected chi connectivity index (χ4v) is 3.52. The molecule has 0 aromatic rings. The van der Waals surface area contributed by atoms with Gasteiger partial charge in [0.15, 0.2) is 0 Å². The van der Waals surface area contributed by atoms with Gasteiger partial charge in [-0.3, -0.25) is 0 Å². The molecular formula is C12H21N3O. The molecule has 2 atom stereocenters. The fraction of sp³-hybridized carbons (Fsp3) is 0.917. The van der Waals surface area contributed by atoms with Gasteiger partial charge < -0.3 is 15.5 Å². The summed E-state index contributed by atoms with van der Waals surface area (Å²) in [4.78, 5) is 14.2. The lowest BCUT2D eigenvalue weighted by Crippen LogP contribution is -2.49. The summed E-state index contributed by atoms with van der Waals surface area (Å²) in [5, 5.41) is 6.54. The summed E-state index contributed by atoms with van der Waals surface area (Å²) in [5.41, 5.74) is 0. The van der Waals surface area contributed by atoms with Gasteiger partial charge in [0, 0.05) is 6.04 Å². The van der Waals surface area contributed by atoms with Crippen molar-refractivity contribution in [2.24, 2.45) is 0 Å². The molecule has 3 rings (SSSR count). The highest BCUT2D eigenvalue weighted by molar-refractivity contribution is 5.78. The zero-order valence-electron chi connectivity index (χ0n) is 9.74. The summed E-state index contributed by atoms with van der Waals surface area (Å²) < 4.78 is 0. The maximum absolute atomic E-state index is 12.0. The molecule has 0 aromatic carbocycles. The molecule has 1 aliphatic carbocycles. The third-order valence-corrected chi connectivity index (χ3v) is 4.33. The number of carbonyl (C=O) groups excluding carboxylic acids is 1. The molecule has 0 aromatic heterocycles. The van der Waals surface area contributed by atoms with E-state index >= 15 is 0 Å². The highest BCUT2D eigenvalue weighted by atomic mass is 16.2. The van der Waals surface area contributed by atoms with Crippen molar-refractivity contribution < 1.29 is 4.79 Å². The molecule has 0 bridgehead atoms. The summed E-state index contributed by atoms with van der Waals surface area (Å²) >= 11 is 0. The number of nitrogens with one attached hydrogen (secondary N) is 2. The van der Waals surface area contributed by atoms with Gasteiger partial charge in [-0.15, -0.1) is 0 Å². The van der Waals surface area contributed by atoms with Crippen LogP contribution in [0.5, 0.6) is 0 Å². The molecule has 4 heteroatoms. The van der Waals surface area contributed by atoms with E-state index in [1.165, 1.54) is 25.7 Å². The smallest absolute Gasteiger partial charge is 0.318 e. The Morgan fingerprint density at radius 2 is 1.81 bits per heavy atom. The second kappa shape index (κ2) is 4.24. The van der Waals surface area contributed by atoms with Gasteiger partial charge in [0.25, 0.3) is 0 Å². The highest BCUT2D eigenvalue weighted by Crippen LogP contribution is 2.31. The lowest BCUT2D eigenvalue weighted by atomic mass is 9.89. The quantitative estimate of drug-likeness (QED) is 0.698. The Bertz CT molecular complexity index is 275. The largest absolute Gasteiger partial charge is 0.333 e. The number of piperidine rings is 1. The van der Waals surface area contributed by atoms with Gasteiger partial charge in [0.2, 0.25) is 0 Å². The Morgan fingerprint density at radius 3 is 2.62 bits per heavy atom. The molecule has 2 amide bonds. The van der Waals surface area contributed by atoms with Gasteiger partial charge >= 0.3 is 6.03 Å². The van der Waals surface area contributed by atoms with Crippen LogP contribution < -0.4 is 10.6 Å². The second-order valence-electron chi connectivity index (χ2n) is 5.30. The van der Waals surface area contributed by atoms with Crippen molar-refractivity contribution in [1.29, 1.82) is 0 Å². The van der Waals surface area contributed by atoms with Crippen molar-refractivity contribution in [1.82, 2.24) is 15.5 Å². The molecule has 3 fully saturated rings. The van der Waals surface area contributed by atoms with Crippen LogP contribution >= 0.6 is 0 Å². The van der Waals surface area contributed by atoms with Gasteiger partial charge in [0.05, 0.1) is 12.1 Å². The molecule has 0 radical (unpaired) electrons. The molecule has 2 heterocycles. The van der Waals surface area contributed by atoms with E-state index < -0.39 is 0 Å². The SMILES string of the molecule is O=C1NC2CCCC[C@@H]2N1C1CCNCC1. The van der Waals surface area contributed by atoms with Crippen molar-refractivity contribution in [3.8, 4) is 0 Å². The minimum atomic E-state index is 0.198. The number of urea groups is 1. The van der Waals surface area contributed by atoms with Crippen molar-refractivity contribution >= 4 is 6.03 Å². The zero-order valence-corrected chi connectivity index (χ0v) is 9.74. The van der Waals surface area contributed by atoms with Crippen LogP contribution in [0.3, 0.4) is 0 Å². The van der Waals surface area contributed by atoms with Gasteiger partial charge in [-0.2, -0.15) is 0 Å². The Balaban J connectivity index is 1.74. The summed E-state index contributed by atoms with van der Waals surface area (Å²) in [6.07, 6.45) is 7.19. The summed E-state index contributed by atoms with van der Waals surface area (Å²) in [7, 11) is 0. The zero-order chi connectivity index (χ0) is 11.0. The predicted molar refractivity (Wildman–Crippen MR) is 62.3 cm³/mol. The van der Waals surface area contributed by atoms with Gasteiger partial charge in [-0.1, -0.05) is 12.8 Å². The number of hydrogen-bond donors (Lipinski definition) is 2. The van der Waals surface area contributed by atoms with E-state index in [1.807, 2.05) is 0 Å². The highest BCUT2D eigenvalue weighted by Gasteiger charge is 2.43. The summed E-state index contributed by atoms with van der Waals surface area (Å²) in [5.74, 6) is 0. The maximum Gasteiger partial charge on any atom is 0.318 e. The summed E-state index contributed by atoms with van der Waals surface area (Å²) in [6, 6.07) is 1.61. The van der Waals surface area contributed by atoms with Gasteiger partial charge in [0.1, 0.15) is 0 Å². The van der Waals surface area contributed by atoms with Crippen LogP contribution in [-0.4, -0.2) is 42.1 Å². The standard InChI is InChI=1S/C12H21N3O/c16-12-14-10-3-1-2-4-11(10)15(12)9-5-7-13-8-6-9/h9-11,13H,1-8H2,(H,14,16)/t10?,11-/m0/s1. The average Bonchev–Trinajstić information content (AvgIpc) is 2.66. The van der Waals surface area contributed by atoms with E-state index in [2.05, 4.69) is 15.5 Å². The second-order valence-corrected chi connectivity index (χ2v) is 5.30. The van der Waals surface area contributed by atoms with Crippen LogP contribution in [0.4, 0.5) is 4.79 Å². The maximum atomic E-state index is 12.0. The Kier molecular flexibility index (Phi) is 2.75. The number of rotatable bonds is 1. The monoisotopic (exact) mass is 223 g/mol. The van der Waals surface area contributed by atoms with E-state index in [1.54, 1.807) is 0 Å². The first-order valence-electron chi connectivity index (χ1n) is 6.66. The van der Waals surface area contributed by atoms with Crippen molar-refractivity contribution in [3.05, 3.63) is 0 Å². The molecule has 2 aliphatic heterocycles. The summed E-state index contributed by atoms with van der Waals surface area (Å²) in [6.45, 7) is 2.12. The van der Waals surface area contributed by atoms with Crippen LogP contribution in [-0.2, 0) is 0 Å². The number of nitrogens with zero attached hydrogens (tertiary/aromatic N) is 1. The molecule has 3 aliphatic rings. The van der Waals surface area contributed by atoms with Crippen molar-refractivity contribution in [3.63, 3.8) is 0 Å². The Hall–Kier alpha value is -0.770. The lowest BCUT2D eigenvalue weighted by Gasteiger charge is -2.37. The van der Waals surface area contributed by atoms with Crippen LogP contribution in [0.1, 0.15) is 38.5 Å². The molecule has 1 unspecified atom stereocenters. The molecule has 0 spiro atoms. The van der Waals surface area contributed by atoms with Gasteiger partial charge in [-0.05, 0) is 38.8 Å². The number of hydrogen-bond acceptors (Lipinski definition) is 2. The van der Waals surface area contributed by atoms with E-state index in [0.29, 0.717) is 18.1 Å². The normalized spacial score (nSPS) is 36.0. The van der Waals surface area contributed by atoms with Crippen LogP contribution in [0.25, 0.3) is 0 Å². The van der Waals surface area contributed by atoms with E-state index in [4.69, 9.17) is 0 Å². The molecule has 16 heavy (non-hydrogen) atoms. The minimum Gasteiger partial charge on any atom is -0.333 e. The number of carbonyl (C=O) groups is 1. The van der Waals surface area contributed by atoms with Crippen LogP contribution in [0.2, 0.25) is 0 Å². The first-order valence-corrected chi connectivity index (χ1v) is 6.66. The van der Waals surface area contributed by atoms with Crippen molar-refractivity contribution in [2.75, 3.05) is 13.1 Å². The molecule has 2 saturated heterocycles. The van der Waals surface area contributed by atoms with Crippen molar-refractivity contribution in [2.45, 2.75) is 56.7 Å². The molecule has 1 saturated carbocycles. The van der Waals surface area contributed by atoms with E-state index in [0.717, 1.165) is 25.9 Å². The minimum absolute atomic E-state index is 0.198. The van der Waals surface area contributed by atoms with Crippen LogP contribution in [0, 0.1) is 0 Å². The predicted octanol–water partition coefficient (Wildman–Crippen LogP) is 1.07.